The number of benzene rings is 1. The Kier molecular flexibility index (Phi) is 3.93. The topological polar surface area (TPSA) is 81.7 Å². The molecular weight excluding hydrogens is 350 g/mol. The van der Waals surface area contributed by atoms with Crippen molar-refractivity contribution in [3.8, 4) is 6.07 Å². The summed E-state index contributed by atoms with van der Waals surface area (Å²) in [6.07, 6.45) is 3.54. The van der Waals surface area contributed by atoms with Gasteiger partial charge in [-0.15, -0.1) is 11.3 Å². The van der Waals surface area contributed by atoms with E-state index in [0.29, 0.717) is 17.8 Å². The van der Waals surface area contributed by atoms with Crippen LogP contribution in [0.3, 0.4) is 0 Å². The van der Waals surface area contributed by atoms with Gasteiger partial charge in [0.25, 0.3) is 5.91 Å². The Hall–Kier alpha value is -3.18. The number of aromatic nitrogens is 2. The Balaban J connectivity index is 1.54. The molecule has 1 saturated heterocycles. The Morgan fingerprint density at radius 1 is 1.35 bits per heavy atom. The molecule has 0 saturated carbocycles. The first-order chi connectivity index (χ1) is 12.6. The van der Waals surface area contributed by atoms with E-state index in [1.54, 1.807) is 44.7 Å². The number of amides is 2. The Morgan fingerprint density at radius 2 is 2.12 bits per heavy atom. The van der Waals surface area contributed by atoms with Crippen LogP contribution in [0.15, 0.2) is 42.0 Å². The summed E-state index contributed by atoms with van der Waals surface area (Å²) in [6.45, 7) is 2.32. The lowest BCUT2D eigenvalue weighted by atomic mass is 10.1. The lowest BCUT2D eigenvalue weighted by molar-refractivity contribution is -0.121. The van der Waals surface area contributed by atoms with E-state index in [4.69, 9.17) is 5.26 Å². The number of rotatable bonds is 2. The molecule has 1 atom stereocenters. The predicted octanol–water partition coefficient (Wildman–Crippen LogP) is 2.14. The second kappa shape index (κ2) is 6.28. The Bertz CT molecular complexity index is 1000. The lowest BCUT2D eigenvalue weighted by Gasteiger charge is -2.39. The molecule has 2 amide bonds. The van der Waals surface area contributed by atoms with Crippen LogP contribution in [0.2, 0.25) is 0 Å². The second-order valence-corrected chi connectivity index (χ2v) is 7.04. The summed E-state index contributed by atoms with van der Waals surface area (Å²) in [4.78, 5) is 33.7. The maximum atomic E-state index is 12.8. The minimum Gasteiger partial charge on any atom is -0.323 e. The van der Waals surface area contributed by atoms with Crippen molar-refractivity contribution in [1.29, 1.82) is 5.26 Å². The van der Waals surface area contributed by atoms with Crippen LogP contribution in [0.25, 0.3) is 4.96 Å². The molecule has 1 fully saturated rings. The number of nitrogens with zero attached hydrogens (tertiary/aromatic N) is 5. The monoisotopic (exact) mass is 365 g/mol. The summed E-state index contributed by atoms with van der Waals surface area (Å²) in [6, 6.07) is 8.79. The van der Waals surface area contributed by atoms with E-state index < -0.39 is 0 Å². The molecule has 26 heavy (non-hydrogen) atoms. The van der Waals surface area contributed by atoms with Crippen LogP contribution in [0.5, 0.6) is 0 Å². The standard InChI is InChI=1S/C18H15N5O2S/c1-12-9-23(14-4-2-13(8-19)3-5-14)16(24)11-22(12)17(25)15-10-21-6-7-26-18(21)20-15/h2-7,10,12H,9,11H2,1H3/t12-/m0/s1. The molecular formula is C18H15N5O2S. The molecule has 4 rings (SSSR count). The number of piperazine rings is 1. The van der Waals surface area contributed by atoms with E-state index >= 15 is 0 Å². The van der Waals surface area contributed by atoms with Gasteiger partial charge in [-0.25, -0.2) is 4.98 Å². The van der Waals surface area contributed by atoms with Crippen LogP contribution >= 0.6 is 11.3 Å². The smallest absolute Gasteiger partial charge is 0.274 e. The maximum absolute atomic E-state index is 12.8. The average Bonchev–Trinajstić information content (AvgIpc) is 3.25. The van der Waals surface area contributed by atoms with E-state index in [0.717, 1.165) is 10.6 Å². The molecule has 1 aromatic carbocycles. The van der Waals surface area contributed by atoms with Gasteiger partial charge in [0, 0.05) is 36.0 Å². The average molecular weight is 365 g/mol. The van der Waals surface area contributed by atoms with Crippen LogP contribution in [-0.2, 0) is 4.79 Å². The molecule has 7 nitrogen and oxygen atoms in total. The normalized spacial score (nSPS) is 17.5. The zero-order chi connectivity index (χ0) is 18.3. The summed E-state index contributed by atoms with van der Waals surface area (Å²) >= 11 is 1.46. The van der Waals surface area contributed by atoms with Crippen LogP contribution in [0.4, 0.5) is 5.69 Å². The molecule has 0 bridgehead atoms. The van der Waals surface area contributed by atoms with Gasteiger partial charge in [-0.3, -0.25) is 14.0 Å². The third-order valence-electron chi connectivity index (χ3n) is 4.47. The highest BCUT2D eigenvalue weighted by atomic mass is 32.1. The molecule has 0 radical (unpaired) electrons. The van der Waals surface area contributed by atoms with Crippen molar-refractivity contribution in [2.24, 2.45) is 0 Å². The van der Waals surface area contributed by atoms with Gasteiger partial charge in [0.2, 0.25) is 5.91 Å². The van der Waals surface area contributed by atoms with Gasteiger partial charge in [-0.1, -0.05) is 0 Å². The first kappa shape index (κ1) is 16.3. The van der Waals surface area contributed by atoms with E-state index in [9.17, 15) is 9.59 Å². The molecule has 0 aliphatic carbocycles. The molecule has 1 aliphatic rings. The van der Waals surface area contributed by atoms with E-state index in [-0.39, 0.29) is 24.4 Å². The highest BCUT2D eigenvalue weighted by Gasteiger charge is 2.34. The molecule has 0 spiro atoms. The first-order valence-electron chi connectivity index (χ1n) is 8.10. The lowest BCUT2D eigenvalue weighted by Crippen LogP contribution is -2.57. The Morgan fingerprint density at radius 3 is 2.81 bits per heavy atom. The van der Waals surface area contributed by atoms with Crippen LogP contribution in [-0.4, -0.2) is 45.2 Å². The van der Waals surface area contributed by atoms with Crippen molar-refractivity contribution >= 4 is 33.8 Å². The number of nitriles is 1. The summed E-state index contributed by atoms with van der Waals surface area (Å²) < 4.78 is 1.80. The summed E-state index contributed by atoms with van der Waals surface area (Å²) in [7, 11) is 0. The van der Waals surface area contributed by atoms with Gasteiger partial charge in [0.05, 0.1) is 11.6 Å². The van der Waals surface area contributed by atoms with Gasteiger partial charge >= 0.3 is 0 Å². The number of hydrogen-bond donors (Lipinski definition) is 0. The zero-order valence-corrected chi connectivity index (χ0v) is 14.8. The largest absolute Gasteiger partial charge is 0.323 e. The van der Waals surface area contributed by atoms with Crippen molar-refractivity contribution in [1.82, 2.24) is 14.3 Å². The van der Waals surface area contributed by atoms with Gasteiger partial charge < -0.3 is 9.80 Å². The fourth-order valence-corrected chi connectivity index (χ4v) is 3.77. The fraction of sp³-hybridized carbons (Fsp3) is 0.222. The maximum Gasteiger partial charge on any atom is 0.274 e. The van der Waals surface area contributed by atoms with Crippen LogP contribution < -0.4 is 4.90 Å². The van der Waals surface area contributed by atoms with Crippen molar-refractivity contribution in [2.45, 2.75) is 13.0 Å². The van der Waals surface area contributed by atoms with Crippen molar-refractivity contribution in [3.63, 3.8) is 0 Å². The Labute approximate surface area is 153 Å². The highest BCUT2D eigenvalue weighted by Crippen LogP contribution is 2.22. The molecule has 3 heterocycles. The van der Waals surface area contributed by atoms with Gasteiger partial charge in [0.15, 0.2) is 4.96 Å². The van der Waals surface area contributed by atoms with E-state index in [1.165, 1.54) is 11.3 Å². The molecule has 130 valence electrons. The zero-order valence-electron chi connectivity index (χ0n) is 14.0. The first-order valence-corrected chi connectivity index (χ1v) is 8.98. The van der Waals surface area contributed by atoms with Crippen LogP contribution in [0, 0.1) is 11.3 Å². The predicted molar refractivity (Wildman–Crippen MR) is 97.1 cm³/mol. The molecule has 1 aliphatic heterocycles. The summed E-state index contributed by atoms with van der Waals surface area (Å²) in [5.41, 5.74) is 1.63. The van der Waals surface area contributed by atoms with Gasteiger partial charge in [-0.2, -0.15) is 5.26 Å². The number of hydrogen-bond acceptors (Lipinski definition) is 5. The number of thiazole rings is 1. The minimum absolute atomic E-state index is 0.00514. The second-order valence-electron chi connectivity index (χ2n) is 6.16. The van der Waals surface area contributed by atoms with Gasteiger partial charge in [0.1, 0.15) is 12.2 Å². The summed E-state index contributed by atoms with van der Waals surface area (Å²) in [5, 5.41) is 10.8. The van der Waals surface area contributed by atoms with Crippen molar-refractivity contribution < 1.29 is 9.59 Å². The molecule has 3 aromatic rings. The number of imidazole rings is 1. The molecule has 8 heteroatoms. The molecule has 0 N–H and O–H groups in total. The molecule has 2 aromatic heterocycles. The van der Waals surface area contributed by atoms with Gasteiger partial charge in [-0.05, 0) is 31.2 Å². The minimum atomic E-state index is -0.235. The number of anilines is 1. The third-order valence-corrected chi connectivity index (χ3v) is 5.24. The number of carbonyl (C=O) groups is 2. The van der Waals surface area contributed by atoms with Crippen LogP contribution in [0.1, 0.15) is 23.0 Å². The van der Waals surface area contributed by atoms with Crippen molar-refractivity contribution in [2.75, 3.05) is 18.0 Å². The highest BCUT2D eigenvalue weighted by molar-refractivity contribution is 7.15. The molecule has 0 unspecified atom stereocenters. The quantitative estimate of drug-likeness (QED) is 0.697. The fourth-order valence-electron chi connectivity index (χ4n) is 3.07. The SMILES string of the molecule is C[C@H]1CN(c2ccc(C#N)cc2)C(=O)CN1C(=O)c1cn2ccsc2n1. The van der Waals surface area contributed by atoms with E-state index in [2.05, 4.69) is 11.1 Å². The number of fused-ring (bicyclic) bond motifs is 1. The number of carbonyl (C=O) groups excluding carboxylic acids is 2. The van der Waals surface area contributed by atoms with Crippen molar-refractivity contribution in [3.05, 3.63) is 53.3 Å². The summed E-state index contributed by atoms with van der Waals surface area (Å²) in [5.74, 6) is -0.386. The third kappa shape index (κ3) is 2.72. The van der Waals surface area contributed by atoms with E-state index in [1.807, 2.05) is 18.5 Å².